The molecule has 0 aromatic rings. The van der Waals surface area contributed by atoms with Crippen LogP contribution in [-0.2, 0) is 0 Å². The summed E-state index contributed by atoms with van der Waals surface area (Å²) in [6.07, 6.45) is 6.26. The van der Waals surface area contributed by atoms with E-state index in [0.29, 0.717) is 10.8 Å². The van der Waals surface area contributed by atoms with Crippen molar-refractivity contribution in [1.82, 2.24) is 5.32 Å². The van der Waals surface area contributed by atoms with Crippen LogP contribution >= 0.6 is 0 Å². The molecule has 1 amide bonds. The molecule has 4 atom stereocenters. The van der Waals surface area contributed by atoms with Crippen LogP contribution in [0.2, 0.25) is 0 Å². The van der Waals surface area contributed by atoms with Crippen molar-refractivity contribution in [3.8, 4) is 0 Å². The lowest BCUT2D eigenvalue weighted by Crippen LogP contribution is -2.65. The fourth-order valence-corrected chi connectivity index (χ4v) is 5.81. The topological polar surface area (TPSA) is 49.3 Å². The molecule has 4 rings (SSSR count). The summed E-state index contributed by atoms with van der Waals surface area (Å²) < 4.78 is 0. The number of nitrogens with one attached hydrogen (secondary N) is 1. The van der Waals surface area contributed by atoms with Gasteiger partial charge in [0.2, 0.25) is 0 Å². The number of carboxylic acid groups (broad SMARTS) is 1. The van der Waals surface area contributed by atoms with E-state index >= 15 is 0 Å². The van der Waals surface area contributed by atoms with E-state index in [0.717, 1.165) is 25.2 Å². The van der Waals surface area contributed by atoms with Crippen LogP contribution in [0.5, 0.6) is 0 Å². The van der Waals surface area contributed by atoms with Crippen LogP contribution in [0, 0.1) is 16.7 Å². The smallest absolute Gasteiger partial charge is 0.405 e. The predicted molar refractivity (Wildman–Crippen MR) is 61.3 cm³/mol. The lowest BCUT2D eigenvalue weighted by molar-refractivity contribution is -0.114. The molecule has 4 bridgehead atoms. The van der Waals surface area contributed by atoms with E-state index in [1.54, 1.807) is 0 Å². The van der Waals surface area contributed by atoms with Crippen LogP contribution in [0.3, 0.4) is 0 Å². The van der Waals surface area contributed by atoms with E-state index in [4.69, 9.17) is 5.11 Å². The molecule has 2 N–H and O–H groups in total. The monoisotopic (exact) mass is 223 g/mol. The first-order valence-electron chi connectivity index (χ1n) is 6.33. The summed E-state index contributed by atoms with van der Waals surface area (Å²) in [6, 6.07) is 0. The molecule has 0 aliphatic heterocycles. The Kier molecular flexibility index (Phi) is 1.79. The molecule has 4 saturated carbocycles. The van der Waals surface area contributed by atoms with Crippen molar-refractivity contribution in [2.45, 2.75) is 57.9 Å². The molecule has 0 heterocycles. The molecule has 3 nitrogen and oxygen atoms in total. The van der Waals surface area contributed by atoms with Gasteiger partial charge in [-0.1, -0.05) is 13.8 Å². The molecular weight excluding hydrogens is 202 g/mol. The van der Waals surface area contributed by atoms with Crippen molar-refractivity contribution in [2.24, 2.45) is 16.7 Å². The Morgan fingerprint density at radius 1 is 1.12 bits per heavy atom. The number of hydrogen-bond donors (Lipinski definition) is 2. The van der Waals surface area contributed by atoms with Crippen LogP contribution in [0.1, 0.15) is 52.4 Å². The average molecular weight is 223 g/mol. The van der Waals surface area contributed by atoms with Gasteiger partial charge in [-0.15, -0.1) is 0 Å². The van der Waals surface area contributed by atoms with Crippen LogP contribution in [0.25, 0.3) is 0 Å². The van der Waals surface area contributed by atoms with Crippen molar-refractivity contribution in [3.63, 3.8) is 0 Å². The van der Waals surface area contributed by atoms with E-state index in [1.165, 1.54) is 19.3 Å². The number of rotatable bonds is 1. The maximum absolute atomic E-state index is 11.0. The quantitative estimate of drug-likeness (QED) is 0.718. The summed E-state index contributed by atoms with van der Waals surface area (Å²) in [5.41, 5.74) is 0.669. The van der Waals surface area contributed by atoms with Gasteiger partial charge in [-0.25, -0.2) is 4.79 Å². The Hall–Kier alpha value is -0.730. The van der Waals surface area contributed by atoms with Gasteiger partial charge in [-0.3, -0.25) is 0 Å². The molecule has 0 aromatic heterocycles. The van der Waals surface area contributed by atoms with Gasteiger partial charge in [0.1, 0.15) is 0 Å². The fourth-order valence-electron chi connectivity index (χ4n) is 5.81. The summed E-state index contributed by atoms with van der Waals surface area (Å²) in [5, 5.41) is 11.9. The molecule has 16 heavy (non-hydrogen) atoms. The highest BCUT2D eigenvalue weighted by atomic mass is 16.4. The van der Waals surface area contributed by atoms with Gasteiger partial charge in [0, 0.05) is 5.54 Å². The second-order valence-corrected chi connectivity index (χ2v) is 7.34. The Balaban J connectivity index is 1.95. The maximum Gasteiger partial charge on any atom is 0.405 e. The number of hydrogen-bond acceptors (Lipinski definition) is 1. The molecule has 0 aromatic carbocycles. The number of amides is 1. The van der Waals surface area contributed by atoms with Crippen LogP contribution < -0.4 is 5.32 Å². The Morgan fingerprint density at radius 2 is 1.69 bits per heavy atom. The third-order valence-corrected chi connectivity index (χ3v) is 5.00. The first-order chi connectivity index (χ1) is 7.32. The predicted octanol–water partition coefficient (Wildman–Crippen LogP) is 3.00. The highest BCUT2D eigenvalue weighted by molar-refractivity contribution is 5.65. The highest BCUT2D eigenvalue weighted by Crippen LogP contribution is 2.66. The van der Waals surface area contributed by atoms with E-state index in [2.05, 4.69) is 19.2 Å². The Labute approximate surface area is 96.6 Å². The van der Waals surface area contributed by atoms with Gasteiger partial charge in [-0.2, -0.15) is 0 Å². The number of carbonyl (C=O) groups is 1. The van der Waals surface area contributed by atoms with E-state index in [9.17, 15) is 4.79 Å². The van der Waals surface area contributed by atoms with Crippen LogP contribution in [0.15, 0.2) is 0 Å². The largest absolute Gasteiger partial charge is 0.465 e. The third kappa shape index (κ3) is 1.44. The minimum Gasteiger partial charge on any atom is -0.465 e. The van der Waals surface area contributed by atoms with Gasteiger partial charge < -0.3 is 10.4 Å². The molecule has 4 aliphatic rings. The minimum atomic E-state index is -0.839. The summed E-state index contributed by atoms with van der Waals surface area (Å²) in [4.78, 5) is 11.0. The first-order valence-corrected chi connectivity index (χ1v) is 6.33. The van der Waals surface area contributed by atoms with E-state index in [1.807, 2.05) is 0 Å². The Bertz CT molecular complexity index is 334. The normalized spacial score (nSPS) is 54.0. The first kappa shape index (κ1) is 10.4. The molecule has 0 saturated heterocycles. The molecule has 0 unspecified atom stereocenters. The lowest BCUT2D eigenvalue weighted by atomic mass is 9.43. The molecule has 3 heteroatoms. The van der Waals surface area contributed by atoms with Gasteiger partial charge >= 0.3 is 6.09 Å². The minimum absolute atomic E-state index is 0.102. The molecular formula is C13H21NO2. The van der Waals surface area contributed by atoms with Crippen molar-refractivity contribution in [3.05, 3.63) is 0 Å². The third-order valence-electron chi connectivity index (χ3n) is 5.00. The maximum atomic E-state index is 11.0. The average Bonchev–Trinajstić information content (AvgIpc) is 1.91. The van der Waals surface area contributed by atoms with Gasteiger partial charge in [0.05, 0.1) is 0 Å². The molecule has 0 spiro atoms. The van der Waals surface area contributed by atoms with E-state index in [-0.39, 0.29) is 5.54 Å². The van der Waals surface area contributed by atoms with Crippen molar-refractivity contribution in [2.75, 3.05) is 0 Å². The van der Waals surface area contributed by atoms with Crippen molar-refractivity contribution >= 4 is 6.09 Å². The standard InChI is InChI=1S/C13H21NO2/c1-11-3-9-4-12(2,6-11)8-13(5-9,7-11)14-10(15)16/h9,14H,3-8H2,1-2H3,(H,15,16)/t9-,11+,12-,13-. The molecule has 4 fully saturated rings. The molecule has 4 aliphatic carbocycles. The Morgan fingerprint density at radius 3 is 2.12 bits per heavy atom. The summed E-state index contributed by atoms with van der Waals surface area (Å²) in [7, 11) is 0. The van der Waals surface area contributed by atoms with Gasteiger partial charge in [-0.05, 0) is 55.3 Å². The van der Waals surface area contributed by atoms with Crippen LogP contribution in [0.4, 0.5) is 4.79 Å². The zero-order valence-electron chi connectivity index (χ0n) is 10.2. The summed E-state index contributed by atoms with van der Waals surface area (Å²) in [5.74, 6) is 0.748. The SMILES string of the molecule is C[C@]12C[C@@H]3C[C@](C)(C1)C[C@@](NC(=O)O)(C3)C2. The van der Waals surface area contributed by atoms with Crippen molar-refractivity contribution < 1.29 is 9.90 Å². The molecule has 90 valence electrons. The van der Waals surface area contributed by atoms with Crippen molar-refractivity contribution in [1.29, 1.82) is 0 Å². The van der Waals surface area contributed by atoms with Gasteiger partial charge in [0.25, 0.3) is 0 Å². The fraction of sp³-hybridized carbons (Fsp3) is 0.923. The zero-order valence-corrected chi connectivity index (χ0v) is 10.2. The summed E-state index contributed by atoms with van der Waals surface area (Å²) in [6.45, 7) is 4.71. The zero-order chi connectivity index (χ0) is 11.6. The second-order valence-electron chi connectivity index (χ2n) is 7.34. The van der Waals surface area contributed by atoms with Crippen LogP contribution in [-0.4, -0.2) is 16.7 Å². The second kappa shape index (κ2) is 2.74. The highest BCUT2D eigenvalue weighted by Gasteiger charge is 2.60. The van der Waals surface area contributed by atoms with E-state index < -0.39 is 6.09 Å². The lowest BCUT2D eigenvalue weighted by Gasteiger charge is -2.65. The molecule has 0 radical (unpaired) electrons. The van der Waals surface area contributed by atoms with Gasteiger partial charge in [0.15, 0.2) is 0 Å². The summed E-state index contributed by atoms with van der Waals surface area (Å²) >= 11 is 0.